The smallest absolute Gasteiger partial charge is 0.223 e. The maximum absolute atomic E-state index is 12.5. The molecule has 3 heterocycles. The maximum atomic E-state index is 12.5. The first-order valence-corrected chi connectivity index (χ1v) is 9.75. The number of carbonyl (C=O) groups is 2. The van der Waals surface area contributed by atoms with Crippen LogP contribution in [0.5, 0.6) is 0 Å². The molecule has 0 saturated carbocycles. The quantitative estimate of drug-likeness (QED) is 0.680. The molecule has 3 aliphatic rings. The van der Waals surface area contributed by atoms with Crippen LogP contribution >= 0.6 is 0 Å². The molecule has 3 saturated heterocycles. The Balaban J connectivity index is 1.48. The van der Waals surface area contributed by atoms with Crippen LogP contribution in [0.25, 0.3) is 0 Å². The van der Waals surface area contributed by atoms with Gasteiger partial charge in [0.15, 0.2) is 0 Å². The van der Waals surface area contributed by atoms with Gasteiger partial charge in [-0.1, -0.05) is 0 Å². The van der Waals surface area contributed by atoms with Gasteiger partial charge in [-0.25, -0.2) is 0 Å². The average Bonchev–Trinajstić information content (AvgIpc) is 3.15. The van der Waals surface area contributed by atoms with Crippen LogP contribution in [0, 0.1) is 5.92 Å². The summed E-state index contributed by atoms with van der Waals surface area (Å²) in [5, 5.41) is 10.9. The summed E-state index contributed by atoms with van der Waals surface area (Å²) in [6.07, 6.45) is 5.50. The van der Waals surface area contributed by atoms with E-state index in [-0.39, 0.29) is 24.5 Å². The van der Waals surface area contributed by atoms with E-state index in [4.69, 9.17) is 9.94 Å². The lowest BCUT2D eigenvalue weighted by atomic mass is 9.83. The van der Waals surface area contributed by atoms with E-state index >= 15 is 0 Å². The molecule has 0 unspecified atom stereocenters. The van der Waals surface area contributed by atoms with Gasteiger partial charge in [-0.3, -0.25) is 14.4 Å². The Labute approximate surface area is 149 Å². The van der Waals surface area contributed by atoms with Gasteiger partial charge < -0.3 is 14.9 Å². The summed E-state index contributed by atoms with van der Waals surface area (Å²) in [5.41, 5.74) is 0. The molecule has 0 spiro atoms. The summed E-state index contributed by atoms with van der Waals surface area (Å²) in [7, 11) is 0. The van der Waals surface area contributed by atoms with Gasteiger partial charge >= 0.3 is 0 Å². The van der Waals surface area contributed by atoms with Crippen molar-refractivity contribution in [1.82, 2.24) is 14.9 Å². The summed E-state index contributed by atoms with van der Waals surface area (Å²) >= 11 is 0. The predicted molar refractivity (Wildman–Crippen MR) is 92.5 cm³/mol. The Hall–Kier alpha value is -1.18. The van der Waals surface area contributed by atoms with E-state index in [1.54, 1.807) is 0 Å². The molecule has 0 aromatic rings. The van der Waals surface area contributed by atoms with Crippen LogP contribution in [0.3, 0.4) is 0 Å². The van der Waals surface area contributed by atoms with Gasteiger partial charge in [-0.05, 0) is 38.0 Å². The molecule has 1 N–H and O–H groups in total. The SMILES string of the molecule is O=C(CCN1CCCO1)N1CC[C@@H]2[C@@H](CCC(=O)N2CCCCO)C1. The van der Waals surface area contributed by atoms with Gasteiger partial charge in [-0.2, -0.15) is 5.06 Å². The van der Waals surface area contributed by atoms with E-state index in [1.807, 2.05) is 14.9 Å². The lowest BCUT2D eigenvalue weighted by Crippen LogP contribution is -2.57. The van der Waals surface area contributed by atoms with Gasteiger partial charge in [0.05, 0.1) is 6.61 Å². The van der Waals surface area contributed by atoms with E-state index in [0.717, 1.165) is 64.9 Å². The lowest BCUT2D eigenvalue weighted by molar-refractivity contribution is -0.146. The fraction of sp³-hybridized carbons (Fsp3) is 0.889. The highest BCUT2D eigenvalue weighted by atomic mass is 16.7. The van der Waals surface area contributed by atoms with E-state index in [0.29, 0.717) is 25.3 Å². The number of nitrogens with zero attached hydrogens (tertiary/aromatic N) is 3. The van der Waals surface area contributed by atoms with E-state index < -0.39 is 0 Å². The molecular weight excluding hydrogens is 322 g/mol. The number of hydroxylamine groups is 2. The number of aliphatic hydroxyl groups excluding tert-OH is 1. The Bertz CT molecular complexity index is 467. The molecule has 0 bridgehead atoms. The molecule has 25 heavy (non-hydrogen) atoms. The first-order valence-electron chi connectivity index (χ1n) is 9.75. The summed E-state index contributed by atoms with van der Waals surface area (Å²) < 4.78 is 0. The van der Waals surface area contributed by atoms with Crippen LogP contribution in [-0.4, -0.2) is 83.8 Å². The van der Waals surface area contributed by atoms with Crippen molar-refractivity contribution in [2.45, 2.75) is 51.0 Å². The molecule has 3 aliphatic heterocycles. The van der Waals surface area contributed by atoms with Gasteiger partial charge in [0, 0.05) is 58.2 Å². The second-order valence-electron chi connectivity index (χ2n) is 7.38. The minimum atomic E-state index is 0.180. The molecule has 3 rings (SSSR count). The molecule has 0 aromatic heterocycles. The van der Waals surface area contributed by atoms with Crippen molar-refractivity contribution in [2.24, 2.45) is 5.92 Å². The Morgan fingerprint density at radius 2 is 2.08 bits per heavy atom. The first kappa shape index (κ1) is 18.6. The zero-order chi connectivity index (χ0) is 17.6. The molecule has 2 amide bonds. The van der Waals surface area contributed by atoms with Crippen LogP contribution in [0.4, 0.5) is 0 Å². The number of hydrogen-bond acceptors (Lipinski definition) is 5. The fourth-order valence-corrected chi connectivity index (χ4v) is 4.32. The standard InChI is InChI=1S/C18H31N3O4/c22-12-2-1-9-21-16-6-10-19(14-15(16)4-5-18(21)24)17(23)7-11-20-8-3-13-25-20/h15-16,22H,1-14H2/t15-,16+/m0/s1. The Kier molecular flexibility index (Phi) is 6.67. The summed E-state index contributed by atoms with van der Waals surface area (Å²) in [6.45, 7) is 4.79. The number of rotatable bonds is 7. The predicted octanol–water partition coefficient (Wildman–Crippen LogP) is 0.626. The normalized spacial score (nSPS) is 27.6. The van der Waals surface area contributed by atoms with Gasteiger partial charge in [0.1, 0.15) is 0 Å². The Morgan fingerprint density at radius 3 is 2.84 bits per heavy atom. The highest BCUT2D eigenvalue weighted by molar-refractivity contribution is 5.78. The van der Waals surface area contributed by atoms with Crippen molar-refractivity contribution >= 4 is 11.8 Å². The van der Waals surface area contributed by atoms with Crippen molar-refractivity contribution in [3.05, 3.63) is 0 Å². The third-order valence-corrected chi connectivity index (χ3v) is 5.70. The van der Waals surface area contributed by atoms with Crippen LogP contribution in [-0.2, 0) is 14.4 Å². The van der Waals surface area contributed by atoms with E-state index in [1.165, 1.54) is 0 Å². The highest BCUT2D eigenvalue weighted by Gasteiger charge is 2.39. The molecule has 142 valence electrons. The van der Waals surface area contributed by atoms with E-state index in [2.05, 4.69) is 0 Å². The van der Waals surface area contributed by atoms with Crippen LogP contribution in [0.15, 0.2) is 0 Å². The van der Waals surface area contributed by atoms with E-state index in [9.17, 15) is 9.59 Å². The third-order valence-electron chi connectivity index (χ3n) is 5.70. The molecule has 0 radical (unpaired) electrons. The largest absolute Gasteiger partial charge is 0.396 e. The van der Waals surface area contributed by atoms with Crippen LogP contribution in [0.2, 0.25) is 0 Å². The van der Waals surface area contributed by atoms with Crippen LogP contribution < -0.4 is 0 Å². The van der Waals surface area contributed by atoms with Gasteiger partial charge in [-0.15, -0.1) is 0 Å². The minimum Gasteiger partial charge on any atom is -0.396 e. The summed E-state index contributed by atoms with van der Waals surface area (Å²) in [4.78, 5) is 34.2. The second kappa shape index (κ2) is 8.96. The second-order valence-corrected chi connectivity index (χ2v) is 7.38. The fourth-order valence-electron chi connectivity index (χ4n) is 4.32. The zero-order valence-corrected chi connectivity index (χ0v) is 15.1. The first-order chi connectivity index (χ1) is 12.2. The number of carbonyl (C=O) groups excluding carboxylic acids is 2. The number of unbranched alkanes of at least 4 members (excludes halogenated alkanes) is 1. The summed E-state index contributed by atoms with van der Waals surface area (Å²) in [6, 6.07) is 0.269. The Morgan fingerprint density at radius 1 is 1.20 bits per heavy atom. The monoisotopic (exact) mass is 353 g/mol. The van der Waals surface area contributed by atoms with Gasteiger partial charge in [0.2, 0.25) is 11.8 Å². The molecule has 3 fully saturated rings. The number of piperidine rings is 2. The number of amides is 2. The van der Waals surface area contributed by atoms with Crippen molar-refractivity contribution in [3.8, 4) is 0 Å². The summed E-state index contributed by atoms with van der Waals surface area (Å²) in [5.74, 6) is 0.843. The average molecular weight is 353 g/mol. The third kappa shape index (κ3) is 4.71. The number of fused-ring (bicyclic) bond motifs is 1. The molecular formula is C18H31N3O4. The van der Waals surface area contributed by atoms with Crippen molar-refractivity contribution in [3.63, 3.8) is 0 Å². The van der Waals surface area contributed by atoms with Crippen molar-refractivity contribution in [1.29, 1.82) is 0 Å². The highest BCUT2D eigenvalue weighted by Crippen LogP contribution is 2.31. The molecule has 2 atom stereocenters. The lowest BCUT2D eigenvalue weighted by Gasteiger charge is -2.47. The molecule has 0 aliphatic carbocycles. The zero-order valence-electron chi connectivity index (χ0n) is 15.1. The van der Waals surface area contributed by atoms with Crippen LogP contribution in [0.1, 0.15) is 44.9 Å². The topological polar surface area (TPSA) is 73.3 Å². The maximum Gasteiger partial charge on any atom is 0.223 e. The number of likely N-dealkylation sites (tertiary alicyclic amines) is 2. The minimum absolute atomic E-state index is 0.180. The molecule has 0 aromatic carbocycles. The van der Waals surface area contributed by atoms with Crippen molar-refractivity contribution in [2.75, 3.05) is 45.9 Å². The molecule has 7 nitrogen and oxygen atoms in total. The van der Waals surface area contributed by atoms with Gasteiger partial charge in [0.25, 0.3) is 0 Å². The van der Waals surface area contributed by atoms with Crippen molar-refractivity contribution < 1.29 is 19.5 Å². The number of aliphatic hydroxyl groups is 1. The number of hydrogen-bond donors (Lipinski definition) is 1. The molecule has 7 heteroatoms.